The number of ether oxygens (including phenoxy) is 1. The van der Waals surface area contributed by atoms with Crippen molar-refractivity contribution in [1.82, 2.24) is 20.1 Å². The summed E-state index contributed by atoms with van der Waals surface area (Å²) in [5.74, 6) is 1.43. The second kappa shape index (κ2) is 10.5. The van der Waals surface area contributed by atoms with E-state index in [2.05, 4.69) is 21.6 Å². The molecule has 1 amide bonds. The van der Waals surface area contributed by atoms with Gasteiger partial charge in [-0.1, -0.05) is 48.2 Å². The summed E-state index contributed by atoms with van der Waals surface area (Å²) in [6.45, 7) is 2.51. The van der Waals surface area contributed by atoms with Gasteiger partial charge in [-0.15, -0.1) is 21.5 Å². The average Bonchev–Trinajstić information content (AvgIpc) is 3.49. The molecule has 0 bridgehead atoms. The van der Waals surface area contributed by atoms with Crippen molar-refractivity contribution in [2.24, 2.45) is 0 Å². The molecule has 0 aliphatic carbocycles. The number of methoxy groups -OCH3 is 1. The number of thioether (sulfide) groups is 1. The van der Waals surface area contributed by atoms with Gasteiger partial charge in [-0.3, -0.25) is 9.36 Å². The molecule has 1 N–H and O–H groups in total. The zero-order chi connectivity index (χ0) is 22.3. The number of thiophene rings is 1. The van der Waals surface area contributed by atoms with Crippen molar-refractivity contribution >= 4 is 29.0 Å². The van der Waals surface area contributed by atoms with Crippen molar-refractivity contribution in [3.05, 3.63) is 77.0 Å². The molecule has 2 aromatic heterocycles. The van der Waals surface area contributed by atoms with E-state index in [1.165, 1.54) is 16.6 Å². The Bertz CT molecular complexity index is 1160. The first-order chi connectivity index (χ1) is 15.7. The van der Waals surface area contributed by atoms with Gasteiger partial charge in [0.25, 0.3) is 0 Å². The van der Waals surface area contributed by atoms with Crippen molar-refractivity contribution in [3.8, 4) is 22.8 Å². The molecular formula is C24H24N4O2S2. The third kappa shape index (κ3) is 5.20. The number of benzene rings is 2. The first kappa shape index (κ1) is 22.1. The number of hydrogen-bond donors (Lipinski definition) is 1. The lowest BCUT2D eigenvalue weighted by Crippen LogP contribution is -2.32. The summed E-state index contributed by atoms with van der Waals surface area (Å²) in [6, 6.07) is 21.7. The van der Waals surface area contributed by atoms with Crippen LogP contribution in [0.1, 0.15) is 11.8 Å². The van der Waals surface area contributed by atoms with Crippen LogP contribution in [0.25, 0.3) is 17.1 Å². The molecule has 164 valence electrons. The molecule has 0 saturated carbocycles. The van der Waals surface area contributed by atoms with Crippen LogP contribution in [0.5, 0.6) is 5.75 Å². The highest BCUT2D eigenvalue weighted by Gasteiger charge is 2.22. The fourth-order valence-corrected chi connectivity index (χ4v) is 4.83. The number of carbonyl (C=O) groups excluding carboxylic acids is 1. The zero-order valence-corrected chi connectivity index (χ0v) is 19.5. The van der Waals surface area contributed by atoms with Crippen LogP contribution < -0.4 is 10.1 Å². The van der Waals surface area contributed by atoms with E-state index in [0.717, 1.165) is 23.4 Å². The summed E-state index contributed by atoms with van der Waals surface area (Å²) >= 11 is 3.10. The lowest BCUT2D eigenvalue weighted by molar-refractivity contribution is -0.120. The van der Waals surface area contributed by atoms with E-state index in [-0.39, 0.29) is 11.2 Å². The van der Waals surface area contributed by atoms with Gasteiger partial charge in [-0.25, -0.2) is 0 Å². The molecule has 32 heavy (non-hydrogen) atoms. The number of nitrogens with one attached hydrogen (secondary N) is 1. The van der Waals surface area contributed by atoms with Gasteiger partial charge in [0.05, 0.1) is 12.4 Å². The summed E-state index contributed by atoms with van der Waals surface area (Å²) < 4.78 is 7.36. The van der Waals surface area contributed by atoms with E-state index >= 15 is 0 Å². The van der Waals surface area contributed by atoms with Gasteiger partial charge in [0, 0.05) is 22.7 Å². The number of carbonyl (C=O) groups is 1. The van der Waals surface area contributed by atoms with E-state index in [4.69, 9.17) is 4.74 Å². The van der Waals surface area contributed by atoms with Gasteiger partial charge in [-0.2, -0.15) is 0 Å². The monoisotopic (exact) mass is 464 g/mol. The molecule has 0 fully saturated rings. The zero-order valence-electron chi connectivity index (χ0n) is 17.9. The Morgan fingerprint density at radius 3 is 2.72 bits per heavy atom. The summed E-state index contributed by atoms with van der Waals surface area (Å²) in [7, 11) is 1.64. The van der Waals surface area contributed by atoms with Crippen molar-refractivity contribution in [3.63, 3.8) is 0 Å². The molecule has 2 aromatic carbocycles. The van der Waals surface area contributed by atoms with Crippen LogP contribution in [0.2, 0.25) is 0 Å². The minimum Gasteiger partial charge on any atom is -0.497 e. The molecule has 0 saturated heterocycles. The van der Waals surface area contributed by atoms with E-state index < -0.39 is 0 Å². The van der Waals surface area contributed by atoms with Gasteiger partial charge in [0.15, 0.2) is 11.0 Å². The van der Waals surface area contributed by atoms with Crippen LogP contribution in [-0.2, 0) is 11.2 Å². The van der Waals surface area contributed by atoms with Crippen molar-refractivity contribution < 1.29 is 9.53 Å². The molecular weight excluding hydrogens is 440 g/mol. The minimum atomic E-state index is -0.317. The first-order valence-corrected chi connectivity index (χ1v) is 12.0. The molecule has 6 nitrogen and oxygen atoms in total. The standard InChI is InChI=1S/C24H24N4O2S2/c1-17(23(29)25-14-13-21-12-7-15-31-21)32-24-27-26-22(18-8-6-11-20(16-18)30-2)28(24)19-9-4-3-5-10-19/h3-12,15-17H,13-14H2,1-2H3,(H,25,29). The Kier molecular flexibility index (Phi) is 7.24. The first-order valence-electron chi connectivity index (χ1n) is 10.3. The summed E-state index contributed by atoms with van der Waals surface area (Å²) in [5, 5.41) is 14.3. The predicted octanol–water partition coefficient (Wildman–Crippen LogP) is 4.84. The van der Waals surface area contributed by atoms with Gasteiger partial charge in [0.2, 0.25) is 5.91 Å². The normalized spacial score (nSPS) is 11.8. The lowest BCUT2D eigenvalue weighted by atomic mass is 10.2. The molecule has 8 heteroatoms. The minimum absolute atomic E-state index is 0.0166. The van der Waals surface area contributed by atoms with Gasteiger partial charge >= 0.3 is 0 Å². The van der Waals surface area contributed by atoms with Crippen molar-refractivity contribution in [2.75, 3.05) is 13.7 Å². The van der Waals surface area contributed by atoms with Crippen LogP contribution in [-0.4, -0.2) is 39.6 Å². The molecule has 0 aliphatic heterocycles. The van der Waals surface area contributed by atoms with Gasteiger partial charge in [-0.05, 0) is 49.1 Å². The molecule has 2 heterocycles. The summed E-state index contributed by atoms with van der Waals surface area (Å²) in [6.07, 6.45) is 0.834. The van der Waals surface area contributed by atoms with Crippen LogP contribution in [0.3, 0.4) is 0 Å². The van der Waals surface area contributed by atoms with Gasteiger partial charge in [0.1, 0.15) is 5.75 Å². The predicted molar refractivity (Wildman–Crippen MR) is 130 cm³/mol. The second-order valence-corrected chi connectivity index (χ2v) is 9.43. The molecule has 0 aliphatic rings. The third-order valence-corrected chi connectivity index (χ3v) is 6.86. The third-order valence-electron chi connectivity index (χ3n) is 4.88. The van der Waals surface area contributed by atoms with Crippen LogP contribution in [0.15, 0.2) is 77.3 Å². The Balaban J connectivity index is 1.55. The van der Waals surface area contributed by atoms with Crippen LogP contribution in [0.4, 0.5) is 0 Å². The largest absolute Gasteiger partial charge is 0.497 e. The van der Waals surface area contributed by atoms with Gasteiger partial charge < -0.3 is 10.1 Å². The molecule has 1 atom stereocenters. The molecule has 4 rings (SSSR count). The van der Waals surface area contributed by atoms with Crippen LogP contribution in [0, 0.1) is 0 Å². The van der Waals surface area contributed by atoms with Crippen molar-refractivity contribution in [2.45, 2.75) is 23.8 Å². The number of para-hydroxylation sites is 1. The summed E-state index contributed by atoms with van der Waals surface area (Å²) in [5.41, 5.74) is 1.82. The fourth-order valence-electron chi connectivity index (χ4n) is 3.22. The Hall–Kier alpha value is -3.10. The topological polar surface area (TPSA) is 69.0 Å². The lowest BCUT2D eigenvalue weighted by Gasteiger charge is -2.14. The van der Waals surface area contributed by atoms with Crippen LogP contribution >= 0.6 is 23.1 Å². The second-order valence-electron chi connectivity index (χ2n) is 7.09. The SMILES string of the molecule is COc1cccc(-c2nnc(SC(C)C(=O)NCCc3cccs3)n2-c2ccccc2)c1. The number of amides is 1. The molecule has 4 aromatic rings. The van der Waals surface area contributed by atoms with E-state index in [1.807, 2.05) is 77.5 Å². The maximum Gasteiger partial charge on any atom is 0.233 e. The number of aromatic nitrogens is 3. The van der Waals surface area contributed by atoms with E-state index in [0.29, 0.717) is 17.5 Å². The highest BCUT2D eigenvalue weighted by atomic mass is 32.2. The Morgan fingerprint density at radius 1 is 1.12 bits per heavy atom. The van der Waals surface area contributed by atoms with Crippen molar-refractivity contribution in [1.29, 1.82) is 0 Å². The Morgan fingerprint density at radius 2 is 1.97 bits per heavy atom. The Labute approximate surface area is 195 Å². The fraction of sp³-hybridized carbons (Fsp3) is 0.208. The average molecular weight is 465 g/mol. The summed E-state index contributed by atoms with van der Waals surface area (Å²) in [4.78, 5) is 13.9. The highest BCUT2D eigenvalue weighted by Crippen LogP contribution is 2.31. The van der Waals surface area contributed by atoms with E-state index in [1.54, 1.807) is 18.4 Å². The van der Waals surface area contributed by atoms with E-state index in [9.17, 15) is 4.79 Å². The molecule has 1 unspecified atom stereocenters. The number of nitrogens with zero attached hydrogens (tertiary/aromatic N) is 3. The highest BCUT2D eigenvalue weighted by molar-refractivity contribution is 8.00. The number of rotatable bonds is 9. The molecule has 0 radical (unpaired) electrons. The number of hydrogen-bond acceptors (Lipinski definition) is 6. The molecule has 0 spiro atoms. The maximum absolute atomic E-state index is 12.7. The smallest absolute Gasteiger partial charge is 0.233 e. The maximum atomic E-state index is 12.7. The quantitative estimate of drug-likeness (QED) is 0.359.